The maximum atomic E-state index is 13.3. The predicted octanol–water partition coefficient (Wildman–Crippen LogP) is 2.88. The van der Waals surface area contributed by atoms with Crippen LogP contribution in [0.5, 0.6) is 17.2 Å². The monoisotopic (exact) mass is 780 g/mol. The molecule has 0 radical (unpaired) electrons. The number of methoxy groups -OCH3 is 2. The first kappa shape index (κ1) is 39.1. The molecule has 3 atom stereocenters. The van der Waals surface area contributed by atoms with Crippen molar-refractivity contribution in [3.63, 3.8) is 0 Å². The highest BCUT2D eigenvalue weighted by Gasteiger charge is 2.45. The van der Waals surface area contributed by atoms with Crippen molar-refractivity contribution in [3.8, 4) is 28.4 Å². The van der Waals surface area contributed by atoms with Crippen molar-refractivity contribution in [2.45, 2.75) is 57.0 Å². The highest BCUT2D eigenvalue weighted by molar-refractivity contribution is 6.23. The van der Waals surface area contributed by atoms with Gasteiger partial charge in [0.05, 0.1) is 36.3 Å². The molecular formula is C41H44N6O10. The predicted molar refractivity (Wildman–Crippen MR) is 206 cm³/mol. The van der Waals surface area contributed by atoms with Crippen LogP contribution in [-0.4, -0.2) is 114 Å². The van der Waals surface area contributed by atoms with Crippen LogP contribution in [0.15, 0.2) is 59.8 Å². The van der Waals surface area contributed by atoms with Crippen molar-refractivity contribution in [2.75, 3.05) is 40.9 Å². The van der Waals surface area contributed by atoms with Gasteiger partial charge in [-0.05, 0) is 80.2 Å². The smallest absolute Gasteiger partial charge is 0.294 e. The number of carbonyl (C=O) groups excluding carboxylic acids is 5. The standard InChI is InChI=1S/C41H44N6O10/c1-44(21-32-34(54-3)16-24(17-35(32)55-4)31-22-45(2)39(51)30-20-42-12-10-27(30)31)13-5-14-46-15-11-26(19-37(46)56-23-48)57-25-6-7-28-29(18-25)41(53)47(40(28)52)33-8-9-36(49)43-38(33)50/h6-7,10,12,16-18,20,22-23,26,33,37H,5,8-9,11,13-15,19,21H2,1-4H3,(H,43,49,50). The Kier molecular flexibility index (Phi) is 11.3. The van der Waals surface area contributed by atoms with Gasteiger partial charge < -0.3 is 28.4 Å². The zero-order chi connectivity index (χ0) is 40.4. The van der Waals surface area contributed by atoms with E-state index in [1.807, 2.05) is 25.2 Å². The number of nitrogens with zero attached hydrogens (tertiary/aromatic N) is 5. The van der Waals surface area contributed by atoms with E-state index in [9.17, 15) is 28.8 Å². The lowest BCUT2D eigenvalue weighted by Gasteiger charge is -2.38. The zero-order valence-electron chi connectivity index (χ0n) is 32.2. The summed E-state index contributed by atoms with van der Waals surface area (Å²) in [7, 11) is 6.96. The number of nitrogens with one attached hydrogen (secondary N) is 1. The lowest BCUT2D eigenvalue weighted by Crippen LogP contribution is -2.54. The topological polar surface area (TPSA) is 179 Å². The number of amides is 4. The summed E-state index contributed by atoms with van der Waals surface area (Å²) in [6.45, 7) is 2.94. The molecule has 0 aliphatic carbocycles. The number of aromatic nitrogens is 2. The normalized spacial score (nSPS) is 19.8. The van der Waals surface area contributed by atoms with Crippen molar-refractivity contribution < 1.29 is 42.9 Å². The number of ether oxygens (including phenoxy) is 4. The number of hydrogen-bond donors (Lipinski definition) is 1. The minimum absolute atomic E-state index is 0.0366. The van der Waals surface area contributed by atoms with Crippen LogP contribution >= 0.6 is 0 Å². The fourth-order valence-corrected chi connectivity index (χ4v) is 7.96. The summed E-state index contributed by atoms with van der Waals surface area (Å²) in [5.74, 6) is -0.625. The van der Waals surface area contributed by atoms with Gasteiger partial charge in [-0.1, -0.05) is 0 Å². The van der Waals surface area contributed by atoms with E-state index in [1.165, 1.54) is 12.1 Å². The van der Waals surface area contributed by atoms with Gasteiger partial charge in [0.1, 0.15) is 29.4 Å². The SMILES string of the molecule is COc1cc(-c2cn(C)c(=O)c3cnccc23)cc(OC)c1CN(C)CCCN1CCC(Oc2ccc3c(c2)C(=O)N(C2CCC(=O)NC2=O)C3=O)CC1OC=O. The second-order valence-corrected chi connectivity index (χ2v) is 14.5. The maximum Gasteiger partial charge on any atom is 0.294 e. The number of carbonyl (C=O) groups is 5. The second kappa shape index (κ2) is 16.5. The number of hydrogen-bond acceptors (Lipinski definition) is 13. The van der Waals surface area contributed by atoms with Gasteiger partial charge in [-0.25, -0.2) is 0 Å². The van der Waals surface area contributed by atoms with Gasteiger partial charge in [0.25, 0.3) is 23.8 Å². The Morgan fingerprint density at radius 2 is 1.70 bits per heavy atom. The van der Waals surface area contributed by atoms with E-state index in [2.05, 4.69) is 20.1 Å². The van der Waals surface area contributed by atoms with Gasteiger partial charge >= 0.3 is 0 Å². The molecule has 16 nitrogen and oxygen atoms in total. The molecule has 3 aliphatic rings. The van der Waals surface area contributed by atoms with E-state index in [0.717, 1.165) is 33.4 Å². The third-order valence-electron chi connectivity index (χ3n) is 10.9. The lowest BCUT2D eigenvalue weighted by molar-refractivity contribution is -0.151. The third-order valence-corrected chi connectivity index (χ3v) is 10.9. The molecule has 2 aromatic carbocycles. The second-order valence-electron chi connectivity index (χ2n) is 14.5. The molecule has 3 unspecified atom stereocenters. The molecule has 0 spiro atoms. The van der Waals surface area contributed by atoms with Crippen molar-refractivity contribution in [3.05, 3.63) is 82.0 Å². The van der Waals surface area contributed by atoms with E-state index >= 15 is 0 Å². The van der Waals surface area contributed by atoms with Crippen LogP contribution in [0.4, 0.5) is 0 Å². The number of aryl methyl sites for hydroxylation is 1. The maximum absolute atomic E-state index is 13.3. The molecule has 7 rings (SSSR count). The lowest BCUT2D eigenvalue weighted by atomic mass is 9.99. The molecule has 16 heteroatoms. The van der Waals surface area contributed by atoms with Crippen LogP contribution < -0.4 is 25.1 Å². The minimum Gasteiger partial charge on any atom is -0.496 e. The van der Waals surface area contributed by atoms with Crippen molar-refractivity contribution in [1.82, 2.24) is 29.6 Å². The Bertz CT molecular complexity index is 2280. The molecule has 2 saturated heterocycles. The summed E-state index contributed by atoms with van der Waals surface area (Å²) < 4.78 is 25.0. The number of piperidine rings is 2. The van der Waals surface area contributed by atoms with Crippen LogP contribution in [-0.2, 0) is 32.7 Å². The summed E-state index contributed by atoms with van der Waals surface area (Å²) >= 11 is 0. The fraction of sp³-hybridized carbons (Fsp3) is 0.390. The van der Waals surface area contributed by atoms with Crippen molar-refractivity contribution >= 4 is 40.9 Å². The fourth-order valence-electron chi connectivity index (χ4n) is 7.96. The number of rotatable bonds is 14. The van der Waals surface area contributed by atoms with Gasteiger partial charge in [0.2, 0.25) is 11.8 Å². The molecule has 298 valence electrons. The number of imide groups is 2. The summed E-state index contributed by atoms with van der Waals surface area (Å²) in [5.41, 5.74) is 2.74. The first-order valence-electron chi connectivity index (χ1n) is 18.7. The molecule has 4 aromatic rings. The largest absolute Gasteiger partial charge is 0.496 e. The van der Waals surface area contributed by atoms with Crippen LogP contribution in [0.2, 0.25) is 0 Å². The molecule has 0 bridgehead atoms. The van der Waals surface area contributed by atoms with E-state index in [1.54, 1.807) is 50.5 Å². The van der Waals surface area contributed by atoms with E-state index in [0.29, 0.717) is 68.1 Å². The summed E-state index contributed by atoms with van der Waals surface area (Å²) in [6.07, 6.45) is 6.09. The van der Waals surface area contributed by atoms with Crippen molar-refractivity contribution in [1.29, 1.82) is 0 Å². The van der Waals surface area contributed by atoms with Crippen LogP contribution in [0.1, 0.15) is 58.4 Å². The van der Waals surface area contributed by atoms with Gasteiger partial charge in [-0.2, -0.15) is 0 Å². The Morgan fingerprint density at radius 1 is 0.947 bits per heavy atom. The number of fused-ring (bicyclic) bond motifs is 2. The third kappa shape index (κ3) is 7.82. The molecule has 57 heavy (non-hydrogen) atoms. The van der Waals surface area contributed by atoms with Gasteiger partial charge in [0.15, 0.2) is 6.23 Å². The Morgan fingerprint density at radius 3 is 2.42 bits per heavy atom. The summed E-state index contributed by atoms with van der Waals surface area (Å²) in [6, 6.07) is 9.30. The molecule has 5 heterocycles. The van der Waals surface area contributed by atoms with Crippen LogP contribution in [0.3, 0.4) is 0 Å². The summed E-state index contributed by atoms with van der Waals surface area (Å²) in [5, 5.41) is 3.50. The van der Waals surface area contributed by atoms with Gasteiger partial charge in [-0.15, -0.1) is 0 Å². The average Bonchev–Trinajstić information content (AvgIpc) is 3.45. The zero-order valence-corrected chi connectivity index (χ0v) is 32.2. The molecule has 2 fully saturated rings. The summed E-state index contributed by atoms with van der Waals surface area (Å²) in [4.78, 5) is 84.1. The van der Waals surface area contributed by atoms with Crippen molar-refractivity contribution in [2.24, 2.45) is 7.05 Å². The molecule has 1 N–H and O–H groups in total. The first-order chi connectivity index (χ1) is 27.5. The minimum atomic E-state index is -1.05. The van der Waals surface area contributed by atoms with Crippen LogP contribution in [0, 0.1) is 0 Å². The Hall–Kier alpha value is -6.13. The first-order valence-corrected chi connectivity index (χ1v) is 18.7. The molecular weight excluding hydrogens is 736 g/mol. The molecule has 2 aromatic heterocycles. The Labute approximate surface area is 328 Å². The number of likely N-dealkylation sites (tertiary alicyclic amines) is 1. The number of pyridine rings is 2. The Balaban J connectivity index is 0.960. The van der Waals surface area contributed by atoms with Gasteiger partial charge in [-0.3, -0.25) is 48.9 Å². The van der Waals surface area contributed by atoms with E-state index < -0.39 is 35.9 Å². The quantitative estimate of drug-likeness (QED) is 0.146. The van der Waals surface area contributed by atoms with E-state index in [-0.39, 0.29) is 35.6 Å². The highest BCUT2D eigenvalue weighted by atomic mass is 16.5. The van der Waals surface area contributed by atoms with Gasteiger partial charge in [0, 0.05) is 63.7 Å². The number of benzene rings is 2. The molecule has 4 amide bonds. The van der Waals surface area contributed by atoms with E-state index in [4.69, 9.17) is 18.9 Å². The van der Waals surface area contributed by atoms with Crippen LogP contribution in [0.25, 0.3) is 21.9 Å². The molecule has 0 saturated carbocycles. The molecule has 3 aliphatic heterocycles. The highest BCUT2D eigenvalue weighted by Crippen LogP contribution is 2.38. The average molecular weight is 781 g/mol.